The lowest BCUT2D eigenvalue weighted by Gasteiger charge is -2.31. The van der Waals surface area contributed by atoms with Gasteiger partial charge in [0.15, 0.2) is 12.4 Å². The predicted octanol–water partition coefficient (Wildman–Crippen LogP) is 2.26. The van der Waals surface area contributed by atoms with Crippen LogP contribution in [0.5, 0.6) is 5.75 Å². The summed E-state index contributed by atoms with van der Waals surface area (Å²) in [5.74, 6) is -0.782. The molecule has 2 N–H and O–H groups in total. The van der Waals surface area contributed by atoms with Gasteiger partial charge in [-0.05, 0) is 62.2 Å². The van der Waals surface area contributed by atoms with Crippen molar-refractivity contribution in [2.24, 2.45) is 5.92 Å². The van der Waals surface area contributed by atoms with Gasteiger partial charge < -0.3 is 15.4 Å². The van der Waals surface area contributed by atoms with E-state index in [9.17, 15) is 22.8 Å². The minimum atomic E-state index is -3.86. The number of benzene rings is 2. The molecule has 10 heteroatoms. The number of carbonyl (C=O) groups is 3. The molecule has 1 saturated heterocycles. The van der Waals surface area contributed by atoms with E-state index in [4.69, 9.17) is 4.74 Å². The number of fused-ring (bicyclic) bond motifs is 1. The summed E-state index contributed by atoms with van der Waals surface area (Å²) in [5, 5.41) is 5.41. The van der Waals surface area contributed by atoms with Crippen LogP contribution in [0.15, 0.2) is 47.4 Å². The normalized spacial score (nSPS) is 18.8. The number of amides is 2. The molecule has 9 nitrogen and oxygen atoms in total. The minimum Gasteiger partial charge on any atom is -0.482 e. The van der Waals surface area contributed by atoms with E-state index in [0.717, 1.165) is 0 Å². The van der Waals surface area contributed by atoms with Crippen LogP contribution in [0, 0.1) is 5.92 Å². The first-order valence-corrected chi connectivity index (χ1v) is 11.7. The third-order valence-corrected chi connectivity index (χ3v) is 7.40. The van der Waals surface area contributed by atoms with Crippen molar-refractivity contribution in [3.63, 3.8) is 0 Å². The highest BCUT2D eigenvalue weighted by Crippen LogP contribution is 2.32. The van der Waals surface area contributed by atoms with Crippen LogP contribution in [-0.2, 0) is 19.6 Å². The van der Waals surface area contributed by atoms with Crippen molar-refractivity contribution in [1.29, 1.82) is 0 Å². The lowest BCUT2D eigenvalue weighted by molar-refractivity contribution is -0.121. The van der Waals surface area contributed by atoms with E-state index in [2.05, 4.69) is 10.6 Å². The zero-order valence-corrected chi connectivity index (χ0v) is 18.3. The summed E-state index contributed by atoms with van der Waals surface area (Å²) in [5.41, 5.74) is 1.40. The monoisotopic (exact) mass is 457 g/mol. The van der Waals surface area contributed by atoms with E-state index in [0.29, 0.717) is 42.1 Å². The molecule has 1 atom stereocenters. The maximum Gasteiger partial charge on any atom is 0.262 e. The second-order valence-electron chi connectivity index (χ2n) is 7.82. The van der Waals surface area contributed by atoms with Gasteiger partial charge in [0.2, 0.25) is 15.9 Å². The number of hydrogen-bond donors (Lipinski definition) is 2. The maximum absolute atomic E-state index is 13.2. The number of piperidine rings is 1. The van der Waals surface area contributed by atoms with Crippen molar-refractivity contribution in [1.82, 2.24) is 4.31 Å². The van der Waals surface area contributed by atoms with Crippen molar-refractivity contribution in [3.8, 4) is 5.75 Å². The maximum atomic E-state index is 13.2. The molecule has 1 fully saturated rings. The fraction of sp³-hybridized carbons (Fsp3) is 0.318. The number of ether oxygens (including phenoxy) is 1. The van der Waals surface area contributed by atoms with E-state index < -0.39 is 15.9 Å². The Labute approximate surface area is 185 Å². The van der Waals surface area contributed by atoms with Gasteiger partial charge >= 0.3 is 0 Å². The Morgan fingerprint density at radius 1 is 1.16 bits per heavy atom. The summed E-state index contributed by atoms with van der Waals surface area (Å²) in [7, 11) is -3.86. The van der Waals surface area contributed by atoms with Gasteiger partial charge in [0.1, 0.15) is 5.75 Å². The van der Waals surface area contributed by atoms with Crippen LogP contribution in [0.1, 0.15) is 30.1 Å². The SMILES string of the molecule is CC(=O)c1ccc(NC(=O)C2CCCN(S(=O)(=O)c3ccc4c(c3)NC(=O)CO4)C2)cc1. The molecule has 2 aliphatic heterocycles. The average molecular weight is 458 g/mol. The first-order valence-electron chi connectivity index (χ1n) is 10.2. The molecule has 2 aliphatic rings. The van der Waals surface area contributed by atoms with Gasteiger partial charge in [0.25, 0.3) is 5.91 Å². The smallest absolute Gasteiger partial charge is 0.262 e. The highest BCUT2D eigenvalue weighted by atomic mass is 32.2. The van der Waals surface area contributed by atoms with Crippen molar-refractivity contribution in [3.05, 3.63) is 48.0 Å². The third-order valence-electron chi connectivity index (χ3n) is 5.54. The lowest BCUT2D eigenvalue weighted by Crippen LogP contribution is -2.43. The van der Waals surface area contributed by atoms with Crippen LogP contribution in [0.3, 0.4) is 0 Å². The van der Waals surface area contributed by atoms with Crippen molar-refractivity contribution < 1.29 is 27.5 Å². The van der Waals surface area contributed by atoms with Gasteiger partial charge in [-0.1, -0.05) is 0 Å². The van der Waals surface area contributed by atoms with Crippen LogP contribution in [-0.4, -0.2) is 50.0 Å². The molecular weight excluding hydrogens is 434 g/mol. The molecule has 2 heterocycles. The Balaban J connectivity index is 1.47. The summed E-state index contributed by atoms with van der Waals surface area (Å²) < 4.78 is 33.0. The summed E-state index contributed by atoms with van der Waals surface area (Å²) in [6.07, 6.45) is 1.11. The number of rotatable bonds is 5. The second-order valence-corrected chi connectivity index (χ2v) is 9.76. The van der Waals surface area contributed by atoms with E-state index in [1.807, 2.05) is 0 Å². The predicted molar refractivity (Wildman–Crippen MR) is 117 cm³/mol. The van der Waals surface area contributed by atoms with Crippen molar-refractivity contribution in [2.45, 2.75) is 24.7 Å². The molecule has 0 aromatic heterocycles. The number of sulfonamides is 1. The van der Waals surface area contributed by atoms with E-state index in [-0.39, 0.29) is 35.6 Å². The minimum absolute atomic E-state index is 0.0305. The van der Waals surface area contributed by atoms with Crippen LogP contribution in [0.4, 0.5) is 11.4 Å². The largest absolute Gasteiger partial charge is 0.482 e. The molecule has 32 heavy (non-hydrogen) atoms. The van der Waals surface area contributed by atoms with Gasteiger partial charge in [0, 0.05) is 24.3 Å². The number of Topliss-reactive ketones (excluding diaryl/α,β-unsaturated/α-hetero) is 1. The van der Waals surface area contributed by atoms with Crippen LogP contribution in [0.2, 0.25) is 0 Å². The Morgan fingerprint density at radius 2 is 1.91 bits per heavy atom. The highest BCUT2D eigenvalue weighted by Gasteiger charge is 2.34. The summed E-state index contributed by atoms with van der Waals surface area (Å²) in [4.78, 5) is 35.7. The highest BCUT2D eigenvalue weighted by molar-refractivity contribution is 7.89. The topological polar surface area (TPSA) is 122 Å². The van der Waals surface area contributed by atoms with Crippen molar-refractivity contribution >= 4 is 39.0 Å². The average Bonchev–Trinajstić information content (AvgIpc) is 2.79. The third kappa shape index (κ3) is 4.51. The fourth-order valence-corrected chi connectivity index (χ4v) is 5.33. The first-order chi connectivity index (χ1) is 15.2. The second kappa shape index (κ2) is 8.71. The van der Waals surface area contributed by atoms with Gasteiger partial charge in [-0.2, -0.15) is 4.31 Å². The summed E-state index contributed by atoms with van der Waals surface area (Å²) in [6.45, 7) is 1.71. The van der Waals surface area contributed by atoms with Gasteiger partial charge in [-0.3, -0.25) is 14.4 Å². The van der Waals surface area contributed by atoms with Gasteiger partial charge in [0.05, 0.1) is 16.5 Å². The number of hydrogen-bond acceptors (Lipinski definition) is 6. The molecule has 2 aromatic carbocycles. The Bertz CT molecular complexity index is 1180. The molecule has 0 bridgehead atoms. The molecule has 2 aromatic rings. The van der Waals surface area contributed by atoms with E-state index in [1.54, 1.807) is 24.3 Å². The number of ketones is 1. The van der Waals surface area contributed by atoms with Gasteiger partial charge in [-0.15, -0.1) is 0 Å². The number of nitrogens with zero attached hydrogens (tertiary/aromatic N) is 1. The summed E-state index contributed by atoms with van der Waals surface area (Å²) in [6, 6.07) is 10.9. The quantitative estimate of drug-likeness (QED) is 0.664. The molecule has 4 rings (SSSR count). The van der Waals surface area contributed by atoms with Crippen LogP contribution >= 0.6 is 0 Å². The molecule has 168 valence electrons. The molecular formula is C22H23N3O6S. The molecule has 0 spiro atoms. The number of carbonyl (C=O) groups excluding carboxylic acids is 3. The molecule has 0 radical (unpaired) electrons. The fourth-order valence-electron chi connectivity index (χ4n) is 3.78. The standard InChI is InChI=1S/C22H23N3O6S/c1-14(26)15-4-6-17(7-5-15)23-22(28)16-3-2-10-25(12-16)32(29,30)18-8-9-20-19(11-18)24-21(27)13-31-20/h4-9,11,16H,2-3,10,12-13H2,1H3,(H,23,28)(H,24,27). The molecule has 1 unspecified atom stereocenters. The number of nitrogens with one attached hydrogen (secondary N) is 2. The van der Waals surface area contributed by atoms with Gasteiger partial charge in [-0.25, -0.2) is 8.42 Å². The lowest BCUT2D eigenvalue weighted by atomic mass is 9.98. The number of anilines is 2. The van der Waals surface area contributed by atoms with E-state index in [1.165, 1.54) is 29.4 Å². The first kappa shape index (κ1) is 22.0. The molecule has 0 saturated carbocycles. The van der Waals surface area contributed by atoms with Crippen molar-refractivity contribution in [2.75, 3.05) is 30.3 Å². The zero-order chi connectivity index (χ0) is 22.9. The Hall–Kier alpha value is -3.24. The van der Waals surface area contributed by atoms with E-state index >= 15 is 0 Å². The summed E-state index contributed by atoms with van der Waals surface area (Å²) >= 11 is 0. The molecule has 0 aliphatic carbocycles. The molecule has 2 amide bonds. The zero-order valence-electron chi connectivity index (χ0n) is 17.5. The van der Waals surface area contributed by atoms with Crippen LogP contribution < -0.4 is 15.4 Å². The Kier molecular flexibility index (Phi) is 5.98. The van der Waals surface area contributed by atoms with Crippen LogP contribution in [0.25, 0.3) is 0 Å². The Morgan fingerprint density at radius 3 is 2.62 bits per heavy atom.